The quantitative estimate of drug-likeness (QED) is 0.702. The van der Waals surface area contributed by atoms with E-state index in [1.165, 1.54) is 16.9 Å². The summed E-state index contributed by atoms with van der Waals surface area (Å²) in [6.07, 6.45) is 0.182. The summed E-state index contributed by atoms with van der Waals surface area (Å²) in [4.78, 5) is 31.2. The lowest BCUT2D eigenvalue weighted by Gasteiger charge is -2.16. The van der Waals surface area contributed by atoms with Crippen LogP contribution in [0.2, 0.25) is 5.02 Å². The molecule has 27 heavy (non-hydrogen) atoms. The van der Waals surface area contributed by atoms with Crippen molar-refractivity contribution in [3.05, 3.63) is 52.5 Å². The van der Waals surface area contributed by atoms with Gasteiger partial charge in [0, 0.05) is 23.7 Å². The van der Waals surface area contributed by atoms with Crippen LogP contribution in [-0.4, -0.2) is 23.3 Å². The molecule has 0 unspecified atom stereocenters. The minimum Gasteiger partial charge on any atom is -0.312 e. The van der Waals surface area contributed by atoms with E-state index in [4.69, 9.17) is 11.6 Å². The van der Waals surface area contributed by atoms with Gasteiger partial charge < -0.3 is 10.2 Å². The molecule has 1 aliphatic heterocycles. The van der Waals surface area contributed by atoms with Crippen molar-refractivity contribution in [2.24, 2.45) is 5.92 Å². The number of halogens is 1. The predicted molar refractivity (Wildman–Crippen MR) is 110 cm³/mol. The van der Waals surface area contributed by atoms with Crippen molar-refractivity contribution in [1.82, 2.24) is 4.98 Å². The zero-order chi connectivity index (χ0) is 19.1. The van der Waals surface area contributed by atoms with Crippen molar-refractivity contribution in [2.45, 2.75) is 20.3 Å². The van der Waals surface area contributed by atoms with E-state index in [1.807, 2.05) is 19.9 Å². The van der Waals surface area contributed by atoms with Crippen molar-refractivity contribution < 1.29 is 9.59 Å². The SMILES string of the molecule is Cc1cc(C)c2nc(NC(=O)[C@@H]3CC(=O)N(c4cccc(Cl)c4)C3)sc2c1. The van der Waals surface area contributed by atoms with Crippen LogP contribution in [0.3, 0.4) is 0 Å². The van der Waals surface area contributed by atoms with E-state index in [2.05, 4.69) is 22.4 Å². The second kappa shape index (κ2) is 6.94. The maximum absolute atomic E-state index is 12.7. The standard InChI is InChI=1S/C20H18ClN3O2S/c1-11-6-12(2)18-16(7-11)27-20(22-18)23-19(26)13-8-17(25)24(10-13)15-5-3-4-14(21)9-15/h3-7,9,13H,8,10H2,1-2H3,(H,22,23,26)/t13-/m1/s1. The fourth-order valence-electron chi connectivity index (χ4n) is 3.41. The Labute approximate surface area is 166 Å². The normalized spacial score (nSPS) is 16.9. The number of nitrogens with one attached hydrogen (secondary N) is 1. The third-order valence-corrected chi connectivity index (χ3v) is 5.83. The lowest BCUT2D eigenvalue weighted by Crippen LogP contribution is -2.28. The van der Waals surface area contributed by atoms with Gasteiger partial charge in [-0.1, -0.05) is 35.1 Å². The average Bonchev–Trinajstić information content (AvgIpc) is 3.18. The third-order valence-electron chi connectivity index (χ3n) is 4.68. The summed E-state index contributed by atoms with van der Waals surface area (Å²) in [5, 5.41) is 4.02. The molecule has 1 saturated heterocycles. The van der Waals surface area contributed by atoms with Crippen LogP contribution in [0.15, 0.2) is 36.4 Å². The average molecular weight is 400 g/mol. The molecule has 1 N–H and O–H groups in total. The maximum atomic E-state index is 12.7. The summed E-state index contributed by atoms with van der Waals surface area (Å²) in [6.45, 7) is 4.40. The van der Waals surface area contributed by atoms with Crippen LogP contribution in [0.5, 0.6) is 0 Å². The Kier molecular flexibility index (Phi) is 4.61. The van der Waals surface area contributed by atoms with Crippen LogP contribution < -0.4 is 10.2 Å². The highest BCUT2D eigenvalue weighted by atomic mass is 35.5. The number of hydrogen-bond acceptors (Lipinski definition) is 4. The van der Waals surface area contributed by atoms with Gasteiger partial charge in [0.15, 0.2) is 5.13 Å². The Balaban J connectivity index is 1.51. The van der Waals surface area contributed by atoms with Crippen LogP contribution in [0.1, 0.15) is 17.5 Å². The van der Waals surface area contributed by atoms with Gasteiger partial charge in [-0.3, -0.25) is 9.59 Å². The van der Waals surface area contributed by atoms with Gasteiger partial charge in [-0.15, -0.1) is 0 Å². The molecule has 7 heteroatoms. The molecule has 2 aromatic carbocycles. The smallest absolute Gasteiger partial charge is 0.231 e. The number of fused-ring (bicyclic) bond motifs is 1. The molecule has 4 rings (SSSR count). The first-order chi connectivity index (χ1) is 12.9. The van der Waals surface area contributed by atoms with Crippen molar-refractivity contribution in [1.29, 1.82) is 0 Å². The number of benzene rings is 2. The number of hydrogen-bond donors (Lipinski definition) is 1. The first kappa shape index (κ1) is 17.9. The van der Waals surface area contributed by atoms with Crippen molar-refractivity contribution >= 4 is 55.8 Å². The van der Waals surface area contributed by atoms with E-state index in [0.29, 0.717) is 22.4 Å². The first-order valence-corrected chi connectivity index (χ1v) is 9.85. The third kappa shape index (κ3) is 3.55. The molecule has 5 nitrogen and oxygen atoms in total. The van der Waals surface area contributed by atoms with E-state index in [1.54, 1.807) is 23.1 Å². The molecule has 1 aromatic heterocycles. The monoisotopic (exact) mass is 399 g/mol. The topological polar surface area (TPSA) is 62.3 Å². The zero-order valence-electron chi connectivity index (χ0n) is 15.0. The van der Waals surface area contributed by atoms with Gasteiger partial charge in [-0.25, -0.2) is 4.98 Å². The Morgan fingerprint density at radius 1 is 1.30 bits per heavy atom. The molecule has 0 radical (unpaired) electrons. The molecular formula is C20H18ClN3O2S. The lowest BCUT2D eigenvalue weighted by molar-refractivity contribution is -0.122. The molecule has 1 fully saturated rings. The molecule has 0 aliphatic carbocycles. The van der Waals surface area contributed by atoms with Gasteiger partial charge in [-0.05, 0) is 49.2 Å². The van der Waals surface area contributed by atoms with Crippen LogP contribution >= 0.6 is 22.9 Å². The van der Waals surface area contributed by atoms with Gasteiger partial charge in [-0.2, -0.15) is 0 Å². The Morgan fingerprint density at radius 3 is 2.89 bits per heavy atom. The predicted octanol–water partition coefficient (Wildman–Crippen LogP) is 4.56. The largest absolute Gasteiger partial charge is 0.312 e. The fraction of sp³-hybridized carbons (Fsp3) is 0.250. The summed E-state index contributed by atoms with van der Waals surface area (Å²) in [5.41, 5.74) is 3.88. The van der Waals surface area contributed by atoms with Crippen molar-refractivity contribution in [3.63, 3.8) is 0 Å². The summed E-state index contributed by atoms with van der Waals surface area (Å²) < 4.78 is 1.05. The highest BCUT2D eigenvalue weighted by Gasteiger charge is 2.35. The van der Waals surface area contributed by atoms with E-state index in [0.717, 1.165) is 15.8 Å². The van der Waals surface area contributed by atoms with Gasteiger partial charge in [0.1, 0.15) is 0 Å². The number of thiazole rings is 1. The van der Waals surface area contributed by atoms with E-state index < -0.39 is 5.92 Å². The highest BCUT2D eigenvalue weighted by Crippen LogP contribution is 2.31. The summed E-state index contributed by atoms with van der Waals surface area (Å²) in [6, 6.07) is 11.2. The second-order valence-electron chi connectivity index (χ2n) is 6.82. The number of anilines is 2. The molecule has 3 aromatic rings. The van der Waals surface area contributed by atoms with Crippen LogP contribution in [-0.2, 0) is 9.59 Å². The minimum absolute atomic E-state index is 0.0758. The molecule has 2 heterocycles. The number of amides is 2. The summed E-state index contributed by atoms with van der Waals surface area (Å²) >= 11 is 7.47. The molecular weight excluding hydrogens is 382 g/mol. The van der Waals surface area contributed by atoms with Crippen LogP contribution in [0, 0.1) is 19.8 Å². The molecule has 0 saturated carbocycles. The lowest BCUT2D eigenvalue weighted by atomic mass is 10.1. The van der Waals surface area contributed by atoms with Gasteiger partial charge in [0.25, 0.3) is 0 Å². The number of carbonyl (C=O) groups excluding carboxylic acids is 2. The fourth-order valence-corrected chi connectivity index (χ4v) is 4.64. The van der Waals surface area contributed by atoms with Gasteiger partial charge in [0.05, 0.1) is 16.1 Å². The number of nitrogens with zero attached hydrogens (tertiary/aromatic N) is 2. The molecule has 0 spiro atoms. The van der Waals surface area contributed by atoms with Crippen LogP contribution in [0.4, 0.5) is 10.8 Å². The summed E-state index contributed by atoms with van der Waals surface area (Å²) in [5.74, 6) is -0.666. The van der Waals surface area contributed by atoms with Gasteiger partial charge in [0.2, 0.25) is 11.8 Å². The Hall–Kier alpha value is -2.44. The molecule has 1 atom stereocenters. The highest BCUT2D eigenvalue weighted by molar-refractivity contribution is 7.22. The molecule has 1 aliphatic rings. The maximum Gasteiger partial charge on any atom is 0.231 e. The van der Waals surface area contributed by atoms with E-state index in [-0.39, 0.29) is 18.2 Å². The number of rotatable bonds is 3. The molecule has 2 amide bonds. The number of aryl methyl sites for hydroxylation is 2. The Bertz CT molecular complexity index is 1060. The number of carbonyl (C=O) groups is 2. The van der Waals surface area contributed by atoms with E-state index in [9.17, 15) is 9.59 Å². The number of aromatic nitrogens is 1. The molecule has 0 bridgehead atoms. The summed E-state index contributed by atoms with van der Waals surface area (Å²) in [7, 11) is 0. The van der Waals surface area contributed by atoms with Gasteiger partial charge >= 0.3 is 0 Å². The molecule has 138 valence electrons. The zero-order valence-corrected chi connectivity index (χ0v) is 16.5. The second-order valence-corrected chi connectivity index (χ2v) is 8.29. The van der Waals surface area contributed by atoms with Crippen molar-refractivity contribution in [2.75, 3.05) is 16.8 Å². The van der Waals surface area contributed by atoms with Crippen molar-refractivity contribution in [3.8, 4) is 0 Å². The first-order valence-electron chi connectivity index (χ1n) is 8.65. The van der Waals surface area contributed by atoms with E-state index >= 15 is 0 Å². The van der Waals surface area contributed by atoms with Crippen LogP contribution in [0.25, 0.3) is 10.2 Å². The minimum atomic E-state index is -0.411. The Morgan fingerprint density at radius 2 is 2.11 bits per heavy atom.